The highest BCUT2D eigenvalue weighted by atomic mass is 127. The Morgan fingerprint density at radius 3 is 2.80 bits per heavy atom. The number of pyridine rings is 1. The fourth-order valence-corrected chi connectivity index (χ4v) is 1.80. The minimum Gasteiger partial charge on any atom is -0.481 e. The predicted octanol–water partition coefficient (Wildman–Crippen LogP) is 2.70. The molecular formula is C9H7F2IN2O. The SMILES string of the molecule is COc1nc(C(F)F)c(I)cc1CC#N. The number of methoxy groups -OCH3 is 1. The van der Waals surface area contributed by atoms with E-state index in [1.807, 2.05) is 6.07 Å². The van der Waals surface area contributed by atoms with Crippen LogP contribution in [0.1, 0.15) is 17.7 Å². The van der Waals surface area contributed by atoms with Crippen LogP contribution < -0.4 is 4.74 Å². The molecule has 0 fully saturated rings. The van der Waals surface area contributed by atoms with E-state index >= 15 is 0 Å². The minimum absolute atomic E-state index is 0.0901. The van der Waals surface area contributed by atoms with Crippen molar-refractivity contribution in [2.75, 3.05) is 7.11 Å². The lowest BCUT2D eigenvalue weighted by molar-refractivity contribution is 0.144. The lowest BCUT2D eigenvalue weighted by Crippen LogP contribution is -2.02. The average Bonchev–Trinajstić information content (AvgIpc) is 2.18. The van der Waals surface area contributed by atoms with Crippen molar-refractivity contribution in [2.24, 2.45) is 0 Å². The van der Waals surface area contributed by atoms with Crippen molar-refractivity contribution in [1.82, 2.24) is 4.98 Å². The second-order valence-electron chi connectivity index (χ2n) is 2.66. The summed E-state index contributed by atoms with van der Waals surface area (Å²) in [6, 6.07) is 3.42. The van der Waals surface area contributed by atoms with Gasteiger partial charge in [0.05, 0.1) is 19.6 Å². The van der Waals surface area contributed by atoms with E-state index in [2.05, 4.69) is 4.98 Å². The molecule has 1 aromatic heterocycles. The van der Waals surface area contributed by atoms with Crippen LogP contribution in [0.4, 0.5) is 8.78 Å². The maximum atomic E-state index is 12.5. The summed E-state index contributed by atoms with van der Waals surface area (Å²) < 4.78 is 30.1. The highest BCUT2D eigenvalue weighted by molar-refractivity contribution is 14.1. The Labute approximate surface area is 99.2 Å². The summed E-state index contributed by atoms with van der Waals surface area (Å²) in [5.74, 6) is 0.0901. The van der Waals surface area contributed by atoms with Crippen LogP contribution in [-0.4, -0.2) is 12.1 Å². The zero-order valence-corrected chi connectivity index (χ0v) is 9.96. The maximum absolute atomic E-state index is 12.5. The Kier molecular flexibility index (Phi) is 4.20. The molecule has 3 nitrogen and oxygen atoms in total. The van der Waals surface area contributed by atoms with Gasteiger partial charge in [-0.05, 0) is 28.7 Å². The first-order valence-electron chi connectivity index (χ1n) is 3.98. The topological polar surface area (TPSA) is 45.9 Å². The van der Waals surface area contributed by atoms with Crippen molar-refractivity contribution in [2.45, 2.75) is 12.8 Å². The third-order valence-corrected chi connectivity index (χ3v) is 2.58. The van der Waals surface area contributed by atoms with Crippen LogP contribution in [0, 0.1) is 14.9 Å². The van der Waals surface area contributed by atoms with Gasteiger partial charge in [-0.15, -0.1) is 0 Å². The summed E-state index contributed by atoms with van der Waals surface area (Å²) in [4.78, 5) is 3.68. The third kappa shape index (κ3) is 2.75. The predicted molar refractivity (Wildman–Crippen MR) is 57.8 cm³/mol. The molecule has 80 valence electrons. The summed E-state index contributed by atoms with van der Waals surface area (Å²) in [5.41, 5.74) is 0.211. The lowest BCUT2D eigenvalue weighted by Gasteiger charge is -2.09. The van der Waals surface area contributed by atoms with Gasteiger partial charge in [-0.25, -0.2) is 13.8 Å². The van der Waals surface area contributed by atoms with E-state index in [1.54, 1.807) is 22.6 Å². The molecule has 1 aromatic rings. The fraction of sp³-hybridized carbons (Fsp3) is 0.333. The van der Waals surface area contributed by atoms with Crippen LogP contribution in [-0.2, 0) is 6.42 Å². The van der Waals surface area contributed by atoms with Crippen LogP contribution in [0.25, 0.3) is 0 Å². The molecule has 0 spiro atoms. The summed E-state index contributed by atoms with van der Waals surface area (Å²) in [6.07, 6.45) is -2.54. The van der Waals surface area contributed by atoms with Crippen LogP contribution in [0.5, 0.6) is 5.88 Å². The highest BCUT2D eigenvalue weighted by Crippen LogP contribution is 2.27. The normalized spacial score (nSPS) is 10.1. The van der Waals surface area contributed by atoms with Gasteiger partial charge in [0.15, 0.2) is 0 Å². The van der Waals surface area contributed by atoms with Crippen molar-refractivity contribution in [1.29, 1.82) is 5.26 Å². The molecule has 0 bridgehead atoms. The second-order valence-corrected chi connectivity index (χ2v) is 3.82. The molecule has 15 heavy (non-hydrogen) atoms. The van der Waals surface area contributed by atoms with Gasteiger partial charge >= 0.3 is 0 Å². The molecule has 0 aliphatic rings. The zero-order chi connectivity index (χ0) is 11.4. The Hall–Kier alpha value is -0.970. The maximum Gasteiger partial charge on any atom is 0.281 e. The van der Waals surface area contributed by atoms with Gasteiger partial charge in [0.2, 0.25) is 5.88 Å². The number of rotatable bonds is 3. The summed E-state index contributed by atoms with van der Waals surface area (Å²) >= 11 is 1.77. The van der Waals surface area contributed by atoms with Crippen LogP contribution in [0.15, 0.2) is 6.07 Å². The number of nitriles is 1. The first-order valence-corrected chi connectivity index (χ1v) is 5.06. The van der Waals surface area contributed by atoms with Gasteiger partial charge in [0.25, 0.3) is 6.43 Å². The van der Waals surface area contributed by atoms with Gasteiger partial charge in [-0.1, -0.05) is 0 Å². The minimum atomic E-state index is -2.64. The molecule has 0 amide bonds. The number of ether oxygens (including phenoxy) is 1. The van der Waals surface area contributed by atoms with Gasteiger partial charge in [-0.3, -0.25) is 0 Å². The van der Waals surface area contributed by atoms with E-state index in [1.165, 1.54) is 13.2 Å². The highest BCUT2D eigenvalue weighted by Gasteiger charge is 2.17. The number of hydrogen-bond acceptors (Lipinski definition) is 3. The second kappa shape index (κ2) is 5.21. The zero-order valence-electron chi connectivity index (χ0n) is 7.80. The van der Waals surface area contributed by atoms with E-state index in [0.29, 0.717) is 9.13 Å². The molecule has 0 radical (unpaired) electrons. The van der Waals surface area contributed by atoms with Crippen molar-refractivity contribution in [3.05, 3.63) is 20.9 Å². The number of hydrogen-bond donors (Lipinski definition) is 0. The van der Waals surface area contributed by atoms with Crippen molar-refractivity contribution < 1.29 is 13.5 Å². The third-order valence-electron chi connectivity index (χ3n) is 1.71. The molecule has 0 saturated carbocycles. The number of aromatic nitrogens is 1. The first-order chi connectivity index (χ1) is 7.10. The Bertz CT molecular complexity index is 404. The lowest BCUT2D eigenvalue weighted by atomic mass is 10.2. The number of halogens is 3. The van der Waals surface area contributed by atoms with E-state index < -0.39 is 6.43 Å². The molecule has 0 saturated heterocycles. The molecule has 0 aliphatic carbocycles. The van der Waals surface area contributed by atoms with E-state index in [-0.39, 0.29) is 18.0 Å². The molecule has 1 heterocycles. The van der Waals surface area contributed by atoms with Gasteiger partial charge in [0, 0.05) is 9.13 Å². The smallest absolute Gasteiger partial charge is 0.281 e. The summed E-state index contributed by atoms with van der Waals surface area (Å²) in [6.45, 7) is 0. The molecule has 0 aromatic carbocycles. The molecular weight excluding hydrogens is 317 g/mol. The van der Waals surface area contributed by atoms with Crippen molar-refractivity contribution in [3.8, 4) is 11.9 Å². The van der Waals surface area contributed by atoms with Gasteiger partial charge in [0.1, 0.15) is 5.69 Å². The van der Waals surface area contributed by atoms with Crippen molar-refractivity contribution >= 4 is 22.6 Å². The molecule has 1 rings (SSSR count). The summed E-state index contributed by atoms with van der Waals surface area (Å²) in [5, 5.41) is 8.53. The number of alkyl halides is 2. The Balaban J connectivity index is 3.24. The van der Waals surface area contributed by atoms with Gasteiger partial charge < -0.3 is 4.74 Å². The first kappa shape index (κ1) is 12.1. The number of nitrogens with zero attached hydrogens (tertiary/aromatic N) is 2. The van der Waals surface area contributed by atoms with Crippen LogP contribution >= 0.6 is 22.6 Å². The summed E-state index contributed by atoms with van der Waals surface area (Å²) in [7, 11) is 1.34. The quantitative estimate of drug-likeness (QED) is 0.803. The Morgan fingerprint density at radius 2 is 2.33 bits per heavy atom. The molecule has 0 atom stereocenters. The largest absolute Gasteiger partial charge is 0.481 e. The molecule has 6 heteroatoms. The van der Waals surface area contributed by atoms with E-state index in [9.17, 15) is 8.78 Å². The van der Waals surface area contributed by atoms with Gasteiger partial charge in [-0.2, -0.15) is 5.26 Å². The van der Waals surface area contributed by atoms with Crippen LogP contribution in [0.3, 0.4) is 0 Å². The fourth-order valence-electron chi connectivity index (χ4n) is 1.06. The Morgan fingerprint density at radius 1 is 1.67 bits per heavy atom. The van der Waals surface area contributed by atoms with E-state index in [4.69, 9.17) is 10.00 Å². The standard InChI is InChI=1S/C9H7F2IN2O/c1-15-9-5(2-3-13)4-6(12)7(14-9)8(10)11/h4,8H,2H2,1H3. The molecule has 0 aliphatic heterocycles. The van der Waals surface area contributed by atoms with E-state index in [0.717, 1.165) is 0 Å². The molecule has 0 unspecified atom stereocenters. The monoisotopic (exact) mass is 324 g/mol. The average molecular weight is 324 g/mol. The van der Waals surface area contributed by atoms with Crippen LogP contribution in [0.2, 0.25) is 0 Å². The molecule has 0 N–H and O–H groups in total. The van der Waals surface area contributed by atoms with Crippen molar-refractivity contribution in [3.63, 3.8) is 0 Å².